The molecule has 0 saturated heterocycles. The van der Waals surface area contributed by atoms with E-state index in [0.29, 0.717) is 17.7 Å². The second-order valence-electron chi connectivity index (χ2n) is 8.06. The van der Waals surface area contributed by atoms with Crippen molar-refractivity contribution >= 4 is 33.3 Å². The first kappa shape index (κ1) is 24.6. The number of carbonyl (C=O) groups excluding carboxylic acids is 1. The summed E-state index contributed by atoms with van der Waals surface area (Å²) in [6, 6.07) is 12.2. The zero-order valence-electron chi connectivity index (χ0n) is 19.2. The molecule has 6 nitrogen and oxygen atoms in total. The molecule has 0 aliphatic carbocycles. The van der Waals surface area contributed by atoms with Crippen LogP contribution < -0.4 is 16.2 Å². The lowest BCUT2D eigenvalue weighted by Gasteiger charge is -2.17. The van der Waals surface area contributed by atoms with Gasteiger partial charge in [0.2, 0.25) is 0 Å². The van der Waals surface area contributed by atoms with Crippen LogP contribution in [0.2, 0.25) is 0 Å². The first-order valence-electron chi connectivity index (χ1n) is 11.2. The van der Waals surface area contributed by atoms with Crippen LogP contribution >= 0.6 is 15.9 Å². The Bertz CT molecular complexity index is 1200. The molecule has 0 unspecified atom stereocenters. The number of hydrogen-bond acceptors (Lipinski definition) is 3. The number of halogens is 1. The molecule has 174 valence electrons. The minimum absolute atomic E-state index is 0.0245. The van der Waals surface area contributed by atoms with Crippen molar-refractivity contribution in [1.82, 2.24) is 4.57 Å². The van der Waals surface area contributed by atoms with Gasteiger partial charge in [0, 0.05) is 34.0 Å². The van der Waals surface area contributed by atoms with E-state index in [-0.39, 0.29) is 17.0 Å². The summed E-state index contributed by atoms with van der Waals surface area (Å²) in [6.45, 7) is 6.64. The van der Waals surface area contributed by atoms with Crippen molar-refractivity contribution < 1.29 is 9.90 Å². The average molecular weight is 512 g/mol. The van der Waals surface area contributed by atoms with Crippen LogP contribution in [0.15, 0.2) is 57.9 Å². The molecule has 0 radical (unpaired) electrons. The van der Waals surface area contributed by atoms with E-state index >= 15 is 0 Å². The van der Waals surface area contributed by atoms with E-state index in [1.54, 1.807) is 35.0 Å². The molecule has 3 N–H and O–H groups in total. The van der Waals surface area contributed by atoms with Gasteiger partial charge in [-0.25, -0.2) is 4.79 Å². The van der Waals surface area contributed by atoms with Crippen molar-refractivity contribution in [1.29, 1.82) is 0 Å². The zero-order chi connectivity index (χ0) is 24.0. The number of urea groups is 1. The van der Waals surface area contributed by atoms with Crippen LogP contribution in [0.1, 0.15) is 44.2 Å². The number of para-hydroxylation sites is 1. The lowest BCUT2D eigenvalue weighted by molar-refractivity contribution is 0.262. The molecule has 0 aliphatic rings. The Kier molecular flexibility index (Phi) is 8.33. The normalized spacial score (nSPS) is 10.8. The van der Waals surface area contributed by atoms with Crippen LogP contribution in [-0.2, 0) is 13.0 Å². The molecular formula is C26H30BrN3O3. The van der Waals surface area contributed by atoms with Crippen LogP contribution in [0.4, 0.5) is 16.2 Å². The highest BCUT2D eigenvalue weighted by atomic mass is 79.9. The van der Waals surface area contributed by atoms with Crippen molar-refractivity contribution in [3.8, 4) is 16.9 Å². The quantitative estimate of drug-likeness (QED) is 0.315. The van der Waals surface area contributed by atoms with Crippen LogP contribution in [-0.4, -0.2) is 15.7 Å². The summed E-state index contributed by atoms with van der Waals surface area (Å²) in [4.78, 5) is 26.4. The summed E-state index contributed by atoms with van der Waals surface area (Å²) in [5.41, 5.74) is 3.49. The number of carbonyl (C=O) groups is 1. The molecule has 0 fully saturated rings. The number of aryl methyl sites for hydroxylation is 3. The molecule has 0 atom stereocenters. The molecule has 2 aromatic carbocycles. The first-order valence-corrected chi connectivity index (χ1v) is 12.0. The monoisotopic (exact) mass is 511 g/mol. The Balaban J connectivity index is 2.03. The Morgan fingerprint density at radius 3 is 2.52 bits per heavy atom. The van der Waals surface area contributed by atoms with Crippen LogP contribution in [0.5, 0.6) is 5.75 Å². The molecule has 0 bridgehead atoms. The number of aromatic hydroxyl groups is 1. The molecular weight excluding hydrogens is 482 g/mol. The van der Waals surface area contributed by atoms with Crippen molar-refractivity contribution in [2.75, 3.05) is 10.6 Å². The Morgan fingerprint density at radius 2 is 1.79 bits per heavy atom. The molecule has 0 saturated carbocycles. The van der Waals surface area contributed by atoms with Crippen molar-refractivity contribution in [2.45, 2.75) is 53.0 Å². The summed E-state index contributed by atoms with van der Waals surface area (Å²) < 4.78 is 2.35. The number of hydrogen-bond donors (Lipinski definition) is 3. The molecule has 33 heavy (non-hydrogen) atoms. The van der Waals surface area contributed by atoms with Gasteiger partial charge in [-0.05, 0) is 55.2 Å². The second-order valence-corrected chi connectivity index (χ2v) is 8.97. The summed E-state index contributed by atoms with van der Waals surface area (Å²) in [5.74, 6) is 0.0245. The third-order valence-corrected chi connectivity index (χ3v) is 6.02. The number of nitrogens with one attached hydrogen (secondary N) is 2. The molecule has 3 rings (SSSR count). The number of benzene rings is 2. The number of aromatic nitrogens is 1. The third kappa shape index (κ3) is 5.85. The van der Waals surface area contributed by atoms with Gasteiger partial charge in [-0.15, -0.1) is 0 Å². The average Bonchev–Trinajstić information content (AvgIpc) is 2.78. The Hall–Kier alpha value is -3.06. The van der Waals surface area contributed by atoms with Crippen LogP contribution in [0.25, 0.3) is 11.1 Å². The highest BCUT2D eigenvalue weighted by Gasteiger charge is 2.18. The maximum atomic E-state index is 13.3. The molecule has 7 heteroatoms. The fraction of sp³-hybridized carbons (Fsp3) is 0.308. The summed E-state index contributed by atoms with van der Waals surface area (Å²) in [7, 11) is 0. The maximum absolute atomic E-state index is 13.3. The molecule has 3 aromatic rings. The van der Waals surface area contributed by atoms with Gasteiger partial charge in [-0.2, -0.15) is 0 Å². The summed E-state index contributed by atoms with van der Waals surface area (Å²) in [5, 5.41) is 16.2. The third-order valence-electron chi connectivity index (χ3n) is 5.52. The zero-order valence-corrected chi connectivity index (χ0v) is 20.8. The maximum Gasteiger partial charge on any atom is 0.323 e. The first-order chi connectivity index (χ1) is 15.8. The number of anilines is 2. The lowest BCUT2D eigenvalue weighted by Crippen LogP contribution is -2.29. The van der Waals surface area contributed by atoms with Gasteiger partial charge < -0.3 is 20.3 Å². The largest absolute Gasteiger partial charge is 0.507 e. The fourth-order valence-electron chi connectivity index (χ4n) is 3.79. The standard InChI is InChI=1S/C26H30BrN3O3/c1-4-6-14-30-15-13-20(21-16-19(27)11-12-22(21)31)24(25(30)32)29-26(33)28-23-17(3)9-7-10-18(23)8-5-2/h7,9-13,15-16,31H,4-6,8,14H2,1-3H3,(H2,28,29,33). The number of unbranched alkanes of at least 4 members (excludes halogenated alkanes) is 1. The van der Waals surface area contributed by atoms with E-state index in [1.165, 1.54) is 0 Å². The molecule has 2 amide bonds. The molecule has 1 aromatic heterocycles. The minimum atomic E-state index is -0.497. The van der Waals surface area contributed by atoms with E-state index < -0.39 is 6.03 Å². The van der Waals surface area contributed by atoms with E-state index in [9.17, 15) is 14.7 Å². The van der Waals surface area contributed by atoms with Gasteiger partial charge in [-0.3, -0.25) is 4.79 Å². The van der Waals surface area contributed by atoms with Gasteiger partial charge in [0.15, 0.2) is 0 Å². The number of phenols is 1. The minimum Gasteiger partial charge on any atom is -0.507 e. The highest BCUT2D eigenvalue weighted by Crippen LogP contribution is 2.35. The SMILES string of the molecule is CCCCn1ccc(-c2cc(Br)ccc2O)c(NC(=O)Nc2c(C)cccc2CCC)c1=O. The van der Waals surface area contributed by atoms with E-state index in [2.05, 4.69) is 40.4 Å². The fourth-order valence-corrected chi connectivity index (χ4v) is 4.15. The molecule has 0 spiro atoms. The number of phenolic OH excluding ortho intramolecular Hbond substituents is 1. The Morgan fingerprint density at radius 1 is 1.03 bits per heavy atom. The summed E-state index contributed by atoms with van der Waals surface area (Å²) in [6.07, 6.45) is 5.28. The van der Waals surface area contributed by atoms with E-state index in [1.807, 2.05) is 25.1 Å². The number of nitrogens with zero attached hydrogens (tertiary/aromatic N) is 1. The van der Waals surface area contributed by atoms with Crippen LogP contribution in [0, 0.1) is 6.92 Å². The number of rotatable bonds is 8. The van der Waals surface area contributed by atoms with Gasteiger partial charge in [0.25, 0.3) is 5.56 Å². The predicted molar refractivity (Wildman–Crippen MR) is 138 cm³/mol. The molecule has 1 heterocycles. The van der Waals surface area contributed by atoms with Crippen LogP contribution in [0.3, 0.4) is 0 Å². The molecule has 0 aliphatic heterocycles. The van der Waals surface area contributed by atoms with Gasteiger partial charge >= 0.3 is 6.03 Å². The van der Waals surface area contributed by atoms with Crippen molar-refractivity contribution in [3.05, 3.63) is 74.6 Å². The Labute approximate surface area is 202 Å². The van der Waals surface area contributed by atoms with Gasteiger partial charge in [0.1, 0.15) is 11.4 Å². The van der Waals surface area contributed by atoms with Crippen molar-refractivity contribution in [2.24, 2.45) is 0 Å². The van der Waals surface area contributed by atoms with E-state index in [0.717, 1.165) is 47.0 Å². The smallest absolute Gasteiger partial charge is 0.323 e. The van der Waals surface area contributed by atoms with Gasteiger partial charge in [0.05, 0.1) is 0 Å². The highest BCUT2D eigenvalue weighted by molar-refractivity contribution is 9.10. The topological polar surface area (TPSA) is 83.4 Å². The predicted octanol–water partition coefficient (Wildman–Crippen LogP) is 6.69. The second kappa shape index (κ2) is 11.2. The number of pyridine rings is 1. The van der Waals surface area contributed by atoms with Crippen molar-refractivity contribution in [3.63, 3.8) is 0 Å². The van der Waals surface area contributed by atoms with E-state index in [4.69, 9.17) is 0 Å². The summed E-state index contributed by atoms with van der Waals surface area (Å²) >= 11 is 3.42. The number of amides is 2. The lowest BCUT2D eigenvalue weighted by atomic mass is 10.0. The van der Waals surface area contributed by atoms with Gasteiger partial charge in [-0.1, -0.05) is 60.8 Å².